The average Bonchev–Trinajstić information content (AvgIpc) is 2.19. The van der Waals surface area contributed by atoms with E-state index in [2.05, 4.69) is 31.4 Å². The van der Waals surface area contributed by atoms with E-state index in [1.54, 1.807) is 0 Å². The SMILES string of the molecule is CCCC(C)(NN)c1ccccc1. The molecule has 2 nitrogen and oxygen atoms in total. The van der Waals surface area contributed by atoms with Crippen molar-refractivity contribution in [1.82, 2.24) is 5.43 Å². The van der Waals surface area contributed by atoms with Crippen LogP contribution in [0.5, 0.6) is 0 Å². The first-order chi connectivity index (χ1) is 6.23. The Labute approximate surface area is 80.1 Å². The van der Waals surface area contributed by atoms with Gasteiger partial charge in [-0.25, -0.2) is 0 Å². The lowest BCUT2D eigenvalue weighted by molar-refractivity contribution is 0.343. The van der Waals surface area contributed by atoms with Gasteiger partial charge in [-0.3, -0.25) is 11.3 Å². The molecule has 0 spiro atoms. The molecule has 0 aliphatic carbocycles. The van der Waals surface area contributed by atoms with Crippen LogP contribution >= 0.6 is 0 Å². The normalized spacial score (nSPS) is 15.3. The van der Waals surface area contributed by atoms with Gasteiger partial charge in [-0.2, -0.15) is 0 Å². The predicted octanol–water partition coefficient (Wildman–Crippen LogP) is 2.17. The predicted molar refractivity (Wildman–Crippen MR) is 56.0 cm³/mol. The summed E-state index contributed by atoms with van der Waals surface area (Å²) < 4.78 is 0. The van der Waals surface area contributed by atoms with Crippen LogP contribution in [0.25, 0.3) is 0 Å². The van der Waals surface area contributed by atoms with Gasteiger partial charge in [0.15, 0.2) is 0 Å². The smallest absolute Gasteiger partial charge is 0.0541 e. The van der Waals surface area contributed by atoms with Gasteiger partial charge in [0.2, 0.25) is 0 Å². The van der Waals surface area contributed by atoms with Crippen LogP contribution in [0.15, 0.2) is 30.3 Å². The number of hydrazine groups is 1. The lowest BCUT2D eigenvalue weighted by Gasteiger charge is -2.28. The third-order valence-corrected chi connectivity index (χ3v) is 2.48. The van der Waals surface area contributed by atoms with Crippen LogP contribution in [0.3, 0.4) is 0 Å². The summed E-state index contributed by atoms with van der Waals surface area (Å²) in [6.07, 6.45) is 2.17. The molecule has 1 atom stereocenters. The van der Waals surface area contributed by atoms with Gasteiger partial charge in [0.25, 0.3) is 0 Å². The van der Waals surface area contributed by atoms with Crippen molar-refractivity contribution in [2.75, 3.05) is 0 Å². The van der Waals surface area contributed by atoms with Gasteiger partial charge in [0.1, 0.15) is 0 Å². The van der Waals surface area contributed by atoms with E-state index in [0.29, 0.717) is 0 Å². The topological polar surface area (TPSA) is 38.0 Å². The van der Waals surface area contributed by atoms with E-state index in [1.165, 1.54) is 5.56 Å². The highest BCUT2D eigenvalue weighted by molar-refractivity contribution is 5.23. The van der Waals surface area contributed by atoms with Crippen LogP contribution in [-0.2, 0) is 5.54 Å². The van der Waals surface area contributed by atoms with Crippen molar-refractivity contribution in [2.24, 2.45) is 5.84 Å². The minimum Gasteiger partial charge on any atom is -0.271 e. The molecule has 2 heteroatoms. The summed E-state index contributed by atoms with van der Waals surface area (Å²) in [6, 6.07) is 10.3. The summed E-state index contributed by atoms with van der Waals surface area (Å²) in [5.74, 6) is 5.58. The number of benzene rings is 1. The molecule has 0 amide bonds. The molecule has 72 valence electrons. The van der Waals surface area contributed by atoms with Crippen molar-refractivity contribution in [1.29, 1.82) is 0 Å². The van der Waals surface area contributed by atoms with Gasteiger partial charge in [-0.15, -0.1) is 0 Å². The van der Waals surface area contributed by atoms with Crippen LogP contribution in [0, 0.1) is 0 Å². The van der Waals surface area contributed by atoms with E-state index in [-0.39, 0.29) is 5.54 Å². The Bertz CT molecular complexity index is 246. The van der Waals surface area contributed by atoms with Crippen molar-refractivity contribution in [3.63, 3.8) is 0 Å². The number of hydrogen-bond donors (Lipinski definition) is 2. The van der Waals surface area contributed by atoms with Gasteiger partial charge >= 0.3 is 0 Å². The zero-order valence-electron chi connectivity index (χ0n) is 8.38. The third kappa shape index (κ3) is 2.29. The fourth-order valence-corrected chi connectivity index (χ4v) is 1.61. The van der Waals surface area contributed by atoms with Crippen molar-refractivity contribution in [2.45, 2.75) is 32.2 Å². The van der Waals surface area contributed by atoms with Crippen molar-refractivity contribution >= 4 is 0 Å². The van der Waals surface area contributed by atoms with Crippen LogP contribution in [0.2, 0.25) is 0 Å². The van der Waals surface area contributed by atoms with Crippen LogP contribution in [0.1, 0.15) is 32.3 Å². The average molecular weight is 178 g/mol. The molecule has 13 heavy (non-hydrogen) atoms. The Morgan fingerprint density at radius 3 is 2.38 bits per heavy atom. The van der Waals surface area contributed by atoms with Crippen LogP contribution in [-0.4, -0.2) is 0 Å². The maximum absolute atomic E-state index is 5.58. The second-order valence-corrected chi connectivity index (χ2v) is 3.59. The zero-order chi connectivity index (χ0) is 9.73. The molecule has 0 radical (unpaired) electrons. The summed E-state index contributed by atoms with van der Waals surface area (Å²) in [4.78, 5) is 0. The molecule has 1 unspecified atom stereocenters. The third-order valence-electron chi connectivity index (χ3n) is 2.48. The Kier molecular flexibility index (Phi) is 3.46. The van der Waals surface area contributed by atoms with Gasteiger partial charge in [0.05, 0.1) is 5.54 Å². The molecule has 1 aromatic carbocycles. The molecule has 0 aliphatic rings. The Balaban J connectivity index is 2.89. The molecular formula is C11H18N2. The van der Waals surface area contributed by atoms with Crippen molar-refractivity contribution in [3.05, 3.63) is 35.9 Å². The molecule has 3 N–H and O–H groups in total. The van der Waals surface area contributed by atoms with E-state index in [0.717, 1.165) is 12.8 Å². The molecule has 0 bridgehead atoms. The summed E-state index contributed by atoms with van der Waals surface area (Å²) in [5, 5.41) is 0. The molecule has 0 fully saturated rings. The van der Waals surface area contributed by atoms with E-state index >= 15 is 0 Å². The highest BCUT2D eigenvalue weighted by Crippen LogP contribution is 2.24. The number of rotatable bonds is 4. The summed E-state index contributed by atoms with van der Waals surface area (Å²) in [5.41, 5.74) is 4.06. The first-order valence-electron chi connectivity index (χ1n) is 4.76. The maximum Gasteiger partial charge on any atom is 0.0541 e. The van der Waals surface area contributed by atoms with Gasteiger partial charge < -0.3 is 0 Å². The number of nitrogens with one attached hydrogen (secondary N) is 1. The lowest BCUT2D eigenvalue weighted by Crippen LogP contribution is -2.44. The standard InChI is InChI=1S/C11H18N2/c1-3-9-11(2,13-12)10-7-5-4-6-8-10/h4-8,13H,3,9,12H2,1-2H3. The minimum absolute atomic E-state index is 0.0873. The first-order valence-corrected chi connectivity index (χ1v) is 4.76. The fourth-order valence-electron chi connectivity index (χ4n) is 1.61. The zero-order valence-corrected chi connectivity index (χ0v) is 8.38. The fraction of sp³-hybridized carbons (Fsp3) is 0.455. The quantitative estimate of drug-likeness (QED) is 0.547. The highest BCUT2D eigenvalue weighted by Gasteiger charge is 2.22. The van der Waals surface area contributed by atoms with Crippen LogP contribution in [0.4, 0.5) is 0 Å². The summed E-state index contributed by atoms with van der Waals surface area (Å²) in [7, 11) is 0. The molecule has 0 aromatic heterocycles. The minimum atomic E-state index is -0.0873. The van der Waals surface area contributed by atoms with Crippen molar-refractivity contribution in [3.8, 4) is 0 Å². The van der Waals surface area contributed by atoms with E-state index in [1.807, 2.05) is 18.2 Å². The van der Waals surface area contributed by atoms with E-state index in [4.69, 9.17) is 5.84 Å². The Morgan fingerprint density at radius 2 is 1.92 bits per heavy atom. The summed E-state index contributed by atoms with van der Waals surface area (Å²) in [6.45, 7) is 4.30. The molecule has 0 saturated carbocycles. The maximum atomic E-state index is 5.58. The number of hydrogen-bond acceptors (Lipinski definition) is 2. The molecule has 0 saturated heterocycles. The van der Waals surface area contributed by atoms with E-state index < -0.39 is 0 Å². The molecular weight excluding hydrogens is 160 g/mol. The van der Waals surface area contributed by atoms with Gasteiger partial charge in [0, 0.05) is 0 Å². The summed E-state index contributed by atoms with van der Waals surface area (Å²) >= 11 is 0. The number of nitrogens with two attached hydrogens (primary N) is 1. The molecule has 0 aliphatic heterocycles. The second-order valence-electron chi connectivity index (χ2n) is 3.59. The first kappa shape index (κ1) is 10.2. The van der Waals surface area contributed by atoms with Crippen molar-refractivity contribution < 1.29 is 0 Å². The molecule has 0 heterocycles. The van der Waals surface area contributed by atoms with Gasteiger partial charge in [-0.1, -0.05) is 43.7 Å². The molecule has 1 rings (SSSR count). The Morgan fingerprint density at radius 1 is 1.31 bits per heavy atom. The Hall–Kier alpha value is -0.860. The molecule has 1 aromatic rings. The van der Waals surface area contributed by atoms with E-state index in [9.17, 15) is 0 Å². The largest absolute Gasteiger partial charge is 0.271 e. The highest BCUT2D eigenvalue weighted by atomic mass is 15.3. The van der Waals surface area contributed by atoms with Crippen LogP contribution < -0.4 is 11.3 Å². The lowest BCUT2D eigenvalue weighted by atomic mass is 9.88. The monoisotopic (exact) mass is 178 g/mol. The second kappa shape index (κ2) is 4.40. The van der Waals surface area contributed by atoms with Gasteiger partial charge in [-0.05, 0) is 18.9 Å².